The first-order valence-corrected chi connectivity index (χ1v) is 9.01. The summed E-state index contributed by atoms with van der Waals surface area (Å²) >= 11 is 0. The minimum absolute atomic E-state index is 0.0624. The third-order valence-electron chi connectivity index (χ3n) is 2.99. The van der Waals surface area contributed by atoms with Crippen molar-refractivity contribution in [3.05, 3.63) is 33.9 Å². The Morgan fingerprint density at radius 2 is 2.10 bits per heavy atom. The summed E-state index contributed by atoms with van der Waals surface area (Å²) in [6.45, 7) is 3.86. The molecule has 0 bridgehead atoms. The van der Waals surface area contributed by atoms with Crippen LogP contribution in [-0.4, -0.2) is 25.7 Å². The average Bonchev–Trinajstić information content (AvgIpc) is 2.35. The number of nitrogens with zero attached hydrogens (tertiary/aromatic N) is 1. The zero-order valence-electron chi connectivity index (χ0n) is 11.9. The zero-order chi connectivity index (χ0) is 16.0. The van der Waals surface area contributed by atoms with Crippen molar-refractivity contribution in [3.8, 4) is 5.75 Å². The SMILES string of the molecule is CCCC(COc1cc([N+](=O)[O-])ccc1C)CS(=O)(=O)Cl. The number of nitro benzene ring substituents is 1. The lowest BCUT2D eigenvalue weighted by Gasteiger charge is -2.16. The molecule has 0 aliphatic heterocycles. The maximum absolute atomic E-state index is 11.2. The molecule has 0 heterocycles. The number of aryl methyl sites for hydroxylation is 1. The molecule has 0 aliphatic rings. The smallest absolute Gasteiger partial charge is 0.273 e. The van der Waals surface area contributed by atoms with Crippen LogP contribution in [0.15, 0.2) is 18.2 Å². The summed E-state index contributed by atoms with van der Waals surface area (Å²) in [6.07, 6.45) is 1.45. The predicted molar refractivity (Wildman–Crippen MR) is 81.4 cm³/mol. The second-order valence-electron chi connectivity index (χ2n) is 4.88. The van der Waals surface area contributed by atoms with Gasteiger partial charge in [0.2, 0.25) is 9.05 Å². The molecule has 0 radical (unpaired) electrons. The highest BCUT2D eigenvalue weighted by atomic mass is 35.7. The van der Waals surface area contributed by atoms with Crippen LogP contribution in [0.1, 0.15) is 25.3 Å². The average molecular weight is 336 g/mol. The van der Waals surface area contributed by atoms with Crippen LogP contribution in [0.5, 0.6) is 5.75 Å². The minimum atomic E-state index is -3.60. The van der Waals surface area contributed by atoms with Crippen molar-refractivity contribution < 1.29 is 18.1 Å². The summed E-state index contributed by atoms with van der Waals surface area (Å²) in [7, 11) is 1.67. The summed E-state index contributed by atoms with van der Waals surface area (Å²) < 4.78 is 27.9. The van der Waals surface area contributed by atoms with E-state index in [0.717, 1.165) is 12.0 Å². The summed E-state index contributed by atoms with van der Waals surface area (Å²) in [4.78, 5) is 10.2. The molecule has 0 saturated heterocycles. The fourth-order valence-corrected chi connectivity index (χ4v) is 3.33. The maximum atomic E-state index is 11.2. The Morgan fingerprint density at radius 1 is 1.43 bits per heavy atom. The van der Waals surface area contributed by atoms with Crippen molar-refractivity contribution in [3.63, 3.8) is 0 Å². The monoisotopic (exact) mass is 335 g/mol. The molecule has 21 heavy (non-hydrogen) atoms. The number of halogens is 1. The van der Waals surface area contributed by atoms with Gasteiger partial charge in [0, 0.05) is 22.7 Å². The molecule has 118 valence electrons. The highest BCUT2D eigenvalue weighted by Gasteiger charge is 2.18. The zero-order valence-corrected chi connectivity index (χ0v) is 13.5. The number of non-ortho nitro benzene ring substituents is 1. The van der Waals surface area contributed by atoms with E-state index in [4.69, 9.17) is 15.4 Å². The Balaban J connectivity index is 2.79. The number of hydrogen-bond donors (Lipinski definition) is 0. The van der Waals surface area contributed by atoms with Gasteiger partial charge in [-0.1, -0.05) is 13.3 Å². The largest absolute Gasteiger partial charge is 0.493 e. The van der Waals surface area contributed by atoms with Gasteiger partial charge >= 0.3 is 0 Å². The standard InChI is InChI=1S/C13H18ClNO5S/c1-3-4-11(9-21(14,18)19)8-20-13-7-12(15(16)17)6-5-10(13)2/h5-7,11H,3-4,8-9H2,1-2H3. The van der Waals surface area contributed by atoms with E-state index in [1.165, 1.54) is 12.1 Å². The molecule has 0 aliphatic carbocycles. The first-order chi connectivity index (χ1) is 9.73. The highest BCUT2D eigenvalue weighted by molar-refractivity contribution is 8.13. The van der Waals surface area contributed by atoms with Crippen LogP contribution in [0.4, 0.5) is 5.69 Å². The molecule has 1 atom stereocenters. The van der Waals surface area contributed by atoms with Crippen LogP contribution in [0, 0.1) is 23.0 Å². The van der Waals surface area contributed by atoms with Crippen LogP contribution in [0.25, 0.3) is 0 Å². The van der Waals surface area contributed by atoms with Crippen molar-refractivity contribution in [1.29, 1.82) is 0 Å². The fraction of sp³-hybridized carbons (Fsp3) is 0.538. The molecule has 6 nitrogen and oxygen atoms in total. The molecule has 0 aromatic heterocycles. The Hall–Kier alpha value is -1.34. The van der Waals surface area contributed by atoms with Crippen LogP contribution in [0.2, 0.25) is 0 Å². The molecule has 0 spiro atoms. The van der Waals surface area contributed by atoms with E-state index in [1.807, 2.05) is 6.92 Å². The van der Waals surface area contributed by atoms with Crippen molar-refractivity contribution in [2.24, 2.45) is 5.92 Å². The Morgan fingerprint density at radius 3 is 2.62 bits per heavy atom. The van der Waals surface area contributed by atoms with Crippen LogP contribution < -0.4 is 4.74 Å². The third kappa shape index (κ3) is 6.31. The Kier molecular flexibility index (Phi) is 6.42. The van der Waals surface area contributed by atoms with E-state index in [9.17, 15) is 18.5 Å². The summed E-state index contributed by atoms with van der Waals surface area (Å²) in [5.74, 6) is -0.0236. The van der Waals surface area contributed by atoms with Crippen LogP contribution in [-0.2, 0) is 9.05 Å². The van der Waals surface area contributed by atoms with Gasteiger partial charge in [-0.3, -0.25) is 10.1 Å². The van der Waals surface area contributed by atoms with Gasteiger partial charge < -0.3 is 4.74 Å². The molecular weight excluding hydrogens is 318 g/mol. The van der Waals surface area contributed by atoms with Crippen molar-refractivity contribution in [2.75, 3.05) is 12.4 Å². The van der Waals surface area contributed by atoms with E-state index in [2.05, 4.69) is 0 Å². The topological polar surface area (TPSA) is 86.5 Å². The highest BCUT2D eigenvalue weighted by Crippen LogP contribution is 2.25. The van der Waals surface area contributed by atoms with Gasteiger partial charge in [-0.05, 0) is 25.0 Å². The minimum Gasteiger partial charge on any atom is -0.493 e. The van der Waals surface area contributed by atoms with E-state index in [-0.39, 0.29) is 24.0 Å². The first kappa shape index (κ1) is 17.7. The second-order valence-corrected chi connectivity index (χ2v) is 7.70. The molecule has 1 rings (SSSR count). The first-order valence-electron chi connectivity index (χ1n) is 6.53. The quantitative estimate of drug-likeness (QED) is 0.413. The molecule has 0 N–H and O–H groups in total. The predicted octanol–water partition coefficient (Wildman–Crippen LogP) is 3.27. The lowest BCUT2D eigenvalue weighted by atomic mass is 10.1. The molecule has 0 saturated carbocycles. The molecule has 0 fully saturated rings. The van der Waals surface area contributed by atoms with Crippen molar-refractivity contribution in [2.45, 2.75) is 26.7 Å². The van der Waals surface area contributed by atoms with Crippen LogP contribution in [0.3, 0.4) is 0 Å². The summed E-state index contributed by atoms with van der Waals surface area (Å²) in [5, 5.41) is 10.7. The number of nitro groups is 1. The molecule has 1 aromatic carbocycles. The van der Waals surface area contributed by atoms with Crippen LogP contribution >= 0.6 is 10.7 Å². The second kappa shape index (κ2) is 7.61. The van der Waals surface area contributed by atoms with E-state index >= 15 is 0 Å². The van der Waals surface area contributed by atoms with Gasteiger partial charge in [-0.2, -0.15) is 0 Å². The maximum Gasteiger partial charge on any atom is 0.273 e. The molecule has 0 amide bonds. The van der Waals surface area contributed by atoms with Gasteiger partial charge in [0.15, 0.2) is 0 Å². The van der Waals surface area contributed by atoms with E-state index in [0.29, 0.717) is 12.2 Å². The van der Waals surface area contributed by atoms with Crippen molar-refractivity contribution in [1.82, 2.24) is 0 Å². The van der Waals surface area contributed by atoms with Gasteiger partial charge in [0.05, 0.1) is 23.3 Å². The molecule has 1 aromatic rings. The Bertz CT molecular complexity index is 603. The van der Waals surface area contributed by atoms with E-state index in [1.54, 1.807) is 13.0 Å². The number of ether oxygens (including phenoxy) is 1. The lowest BCUT2D eigenvalue weighted by molar-refractivity contribution is -0.385. The van der Waals surface area contributed by atoms with Gasteiger partial charge in [0.25, 0.3) is 5.69 Å². The molecular formula is C13H18ClNO5S. The lowest BCUT2D eigenvalue weighted by Crippen LogP contribution is -2.20. The van der Waals surface area contributed by atoms with Gasteiger partial charge in [-0.15, -0.1) is 0 Å². The third-order valence-corrected chi connectivity index (χ3v) is 4.24. The summed E-state index contributed by atoms with van der Waals surface area (Å²) in [6, 6.07) is 4.34. The van der Waals surface area contributed by atoms with Gasteiger partial charge in [0.1, 0.15) is 5.75 Å². The number of benzene rings is 1. The van der Waals surface area contributed by atoms with Gasteiger partial charge in [-0.25, -0.2) is 8.42 Å². The van der Waals surface area contributed by atoms with E-state index < -0.39 is 14.0 Å². The fourth-order valence-electron chi connectivity index (χ4n) is 1.97. The molecule has 1 unspecified atom stereocenters. The number of rotatable bonds is 8. The molecule has 8 heteroatoms. The Labute approximate surface area is 128 Å². The van der Waals surface area contributed by atoms with Crippen molar-refractivity contribution >= 4 is 25.4 Å². The summed E-state index contributed by atoms with van der Waals surface area (Å²) in [5.41, 5.74) is 0.692. The normalized spacial score (nSPS) is 12.9. The number of hydrogen-bond acceptors (Lipinski definition) is 5.